The number of amides is 1. The minimum atomic E-state index is -0.455. The van der Waals surface area contributed by atoms with Gasteiger partial charge >= 0.3 is 0 Å². The van der Waals surface area contributed by atoms with Crippen LogP contribution in [0.5, 0.6) is 0 Å². The Balaban J connectivity index is 3.77. The van der Waals surface area contributed by atoms with E-state index in [-0.39, 0.29) is 11.8 Å². The Hall–Kier alpha value is -1.08. The van der Waals surface area contributed by atoms with Gasteiger partial charge in [0, 0.05) is 6.54 Å². The van der Waals surface area contributed by atoms with E-state index in [1.807, 2.05) is 19.9 Å². The number of hydrogen-bond donors (Lipinski definition) is 2. The van der Waals surface area contributed by atoms with Gasteiger partial charge in [-0.3, -0.25) is 4.79 Å². The fourth-order valence-corrected chi connectivity index (χ4v) is 0.872. The molecule has 2 atom stereocenters. The van der Waals surface area contributed by atoms with Crippen molar-refractivity contribution in [2.75, 3.05) is 6.54 Å². The molecule has 1 amide bonds. The minimum absolute atomic E-state index is 0.162. The number of nitrogens with zero attached hydrogens (tertiary/aromatic N) is 1. The van der Waals surface area contributed by atoms with Gasteiger partial charge in [-0.25, -0.2) is 0 Å². The Labute approximate surface area is 79.1 Å². The monoisotopic (exact) mass is 183 g/mol. The second-order valence-corrected chi connectivity index (χ2v) is 3.11. The first kappa shape index (κ1) is 11.9. The summed E-state index contributed by atoms with van der Waals surface area (Å²) in [5, 5.41) is 10.9. The molecule has 0 aromatic carbocycles. The molecule has 0 spiro atoms. The van der Waals surface area contributed by atoms with E-state index in [1.54, 1.807) is 0 Å². The van der Waals surface area contributed by atoms with E-state index in [1.165, 1.54) is 0 Å². The molecule has 0 aliphatic heterocycles. The van der Waals surface area contributed by atoms with Gasteiger partial charge in [-0.1, -0.05) is 20.3 Å². The summed E-state index contributed by atoms with van der Waals surface area (Å²) in [6, 6.07) is 1.49. The van der Waals surface area contributed by atoms with Gasteiger partial charge in [0.2, 0.25) is 5.91 Å². The molecule has 0 fully saturated rings. The van der Waals surface area contributed by atoms with Crippen LogP contribution < -0.4 is 11.1 Å². The molecule has 74 valence electrons. The third-order valence-electron chi connectivity index (χ3n) is 2.10. The van der Waals surface area contributed by atoms with Gasteiger partial charge in [-0.2, -0.15) is 5.26 Å². The van der Waals surface area contributed by atoms with Crippen LogP contribution >= 0.6 is 0 Å². The highest BCUT2D eigenvalue weighted by Gasteiger charge is 2.18. The molecule has 0 radical (unpaired) electrons. The smallest absolute Gasteiger partial charge is 0.237 e. The van der Waals surface area contributed by atoms with Crippen LogP contribution in [0.3, 0.4) is 0 Å². The first-order chi connectivity index (χ1) is 6.13. The maximum absolute atomic E-state index is 11.3. The van der Waals surface area contributed by atoms with Crippen molar-refractivity contribution in [3.05, 3.63) is 0 Å². The quantitative estimate of drug-likeness (QED) is 0.605. The topological polar surface area (TPSA) is 78.9 Å². The highest BCUT2D eigenvalue weighted by Crippen LogP contribution is 2.04. The van der Waals surface area contributed by atoms with Crippen LogP contribution in [-0.4, -0.2) is 18.5 Å². The van der Waals surface area contributed by atoms with E-state index < -0.39 is 6.04 Å². The molecule has 4 nitrogen and oxygen atoms in total. The van der Waals surface area contributed by atoms with E-state index in [0.29, 0.717) is 13.0 Å². The molecule has 0 saturated heterocycles. The van der Waals surface area contributed by atoms with Gasteiger partial charge < -0.3 is 11.1 Å². The SMILES string of the molecule is CCC(C)[C@H](N)C(=O)NCCC#N. The lowest BCUT2D eigenvalue weighted by Crippen LogP contribution is -2.44. The van der Waals surface area contributed by atoms with E-state index in [0.717, 1.165) is 6.42 Å². The van der Waals surface area contributed by atoms with Crippen LogP contribution in [-0.2, 0) is 4.79 Å². The molecular weight excluding hydrogens is 166 g/mol. The number of carbonyl (C=O) groups is 1. The molecule has 1 unspecified atom stereocenters. The molecule has 0 aliphatic rings. The summed E-state index contributed by atoms with van der Waals surface area (Å²) in [6.07, 6.45) is 1.21. The summed E-state index contributed by atoms with van der Waals surface area (Å²) in [5.74, 6) is 0.0201. The summed E-state index contributed by atoms with van der Waals surface area (Å²) in [4.78, 5) is 11.3. The van der Waals surface area contributed by atoms with Crippen molar-refractivity contribution < 1.29 is 4.79 Å². The Morgan fingerprint density at radius 3 is 2.77 bits per heavy atom. The number of nitrogens with two attached hydrogens (primary N) is 1. The zero-order valence-corrected chi connectivity index (χ0v) is 8.21. The van der Waals surface area contributed by atoms with Crippen molar-refractivity contribution in [2.45, 2.75) is 32.7 Å². The predicted molar refractivity (Wildman–Crippen MR) is 50.7 cm³/mol. The average Bonchev–Trinajstić information content (AvgIpc) is 2.15. The highest BCUT2D eigenvalue weighted by atomic mass is 16.2. The molecular formula is C9H17N3O. The van der Waals surface area contributed by atoms with Crippen LogP contribution in [0.2, 0.25) is 0 Å². The fourth-order valence-electron chi connectivity index (χ4n) is 0.872. The van der Waals surface area contributed by atoms with E-state index >= 15 is 0 Å². The van der Waals surface area contributed by atoms with Gasteiger partial charge in [0.25, 0.3) is 0 Å². The molecule has 0 aliphatic carbocycles. The zero-order chi connectivity index (χ0) is 10.3. The average molecular weight is 183 g/mol. The number of nitriles is 1. The van der Waals surface area contributed by atoms with Gasteiger partial charge in [0.05, 0.1) is 18.5 Å². The summed E-state index contributed by atoms with van der Waals surface area (Å²) in [5.41, 5.74) is 5.66. The van der Waals surface area contributed by atoms with Crippen molar-refractivity contribution in [2.24, 2.45) is 11.7 Å². The maximum Gasteiger partial charge on any atom is 0.237 e. The van der Waals surface area contributed by atoms with Crippen LogP contribution in [0.15, 0.2) is 0 Å². The summed E-state index contributed by atoms with van der Waals surface area (Å²) >= 11 is 0. The van der Waals surface area contributed by atoms with Gasteiger partial charge in [0.15, 0.2) is 0 Å². The minimum Gasteiger partial charge on any atom is -0.354 e. The molecule has 0 heterocycles. The second-order valence-electron chi connectivity index (χ2n) is 3.11. The molecule has 0 aromatic heterocycles. The van der Waals surface area contributed by atoms with Gasteiger partial charge in [-0.05, 0) is 5.92 Å². The van der Waals surface area contributed by atoms with E-state index in [4.69, 9.17) is 11.0 Å². The maximum atomic E-state index is 11.3. The third kappa shape index (κ3) is 4.48. The van der Waals surface area contributed by atoms with Crippen molar-refractivity contribution in [1.82, 2.24) is 5.32 Å². The van der Waals surface area contributed by atoms with Gasteiger partial charge in [-0.15, -0.1) is 0 Å². The standard InChI is InChI=1S/C9H17N3O/c1-3-7(2)8(11)9(13)12-6-4-5-10/h7-8H,3-4,6,11H2,1-2H3,(H,12,13)/t7?,8-/m0/s1. The Morgan fingerprint density at radius 1 is 1.69 bits per heavy atom. The zero-order valence-electron chi connectivity index (χ0n) is 8.21. The normalized spacial score (nSPS) is 14.3. The van der Waals surface area contributed by atoms with Crippen molar-refractivity contribution in [3.63, 3.8) is 0 Å². The molecule has 0 saturated carbocycles. The number of carbonyl (C=O) groups excluding carboxylic acids is 1. The first-order valence-corrected chi connectivity index (χ1v) is 4.53. The molecule has 0 rings (SSSR count). The Morgan fingerprint density at radius 2 is 2.31 bits per heavy atom. The van der Waals surface area contributed by atoms with Crippen molar-refractivity contribution >= 4 is 5.91 Å². The van der Waals surface area contributed by atoms with Crippen molar-refractivity contribution in [3.8, 4) is 6.07 Å². The lowest BCUT2D eigenvalue weighted by molar-refractivity contribution is -0.123. The van der Waals surface area contributed by atoms with Crippen LogP contribution in [0, 0.1) is 17.2 Å². The first-order valence-electron chi connectivity index (χ1n) is 4.53. The van der Waals surface area contributed by atoms with Crippen molar-refractivity contribution in [1.29, 1.82) is 5.26 Å². The van der Waals surface area contributed by atoms with E-state index in [2.05, 4.69) is 5.32 Å². The third-order valence-corrected chi connectivity index (χ3v) is 2.10. The number of rotatable bonds is 5. The Bertz CT molecular complexity index is 198. The van der Waals surface area contributed by atoms with Crippen LogP contribution in [0.4, 0.5) is 0 Å². The highest BCUT2D eigenvalue weighted by molar-refractivity contribution is 5.81. The summed E-state index contributed by atoms with van der Waals surface area (Å²) in [6.45, 7) is 4.32. The van der Waals surface area contributed by atoms with E-state index in [9.17, 15) is 4.79 Å². The molecule has 3 N–H and O–H groups in total. The lowest BCUT2D eigenvalue weighted by atomic mass is 9.99. The van der Waals surface area contributed by atoms with Gasteiger partial charge in [0.1, 0.15) is 0 Å². The second kappa shape index (κ2) is 6.44. The van der Waals surface area contributed by atoms with Crippen LogP contribution in [0.1, 0.15) is 26.7 Å². The number of nitrogens with one attached hydrogen (secondary N) is 1. The summed E-state index contributed by atoms with van der Waals surface area (Å²) < 4.78 is 0. The van der Waals surface area contributed by atoms with Crippen LogP contribution in [0.25, 0.3) is 0 Å². The lowest BCUT2D eigenvalue weighted by Gasteiger charge is -2.16. The molecule has 4 heteroatoms. The predicted octanol–water partition coefficient (Wildman–Crippen LogP) is 0.390. The molecule has 0 aromatic rings. The molecule has 13 heavy (non-hydrogen) atoms. The largest absolute Gasteiger partial charge is 0.354 e. The Kier molecular flexibility index (Phi) is 5.90. The fraction of sp³-hybridized carbons (Fsp3) is 0.778. The summed E-state index contributed by atoms with van der Waals surface area (Å²) in [7, 11) is 0. The molecule has 0 bridgehead atoms. The number of hydrogen-bond acceptors (Lipinski definition) is 3.